The zero-order valence-corrected chi connectivity index (χ0v) is 37.0. The number of nitro groups is 1. The fourth-order valence-corrected chi connectivity index (χ4v) is 10.6. The van der Waals surface area contributed by atoms with Crippen molar-refractivity contribution in [2.24, 2.45) is 17.3 Å². The van der Waals surface area contributed by atoms with Crippen LogP contribution in [0, 0.1) is 27.4 Å². The Morgan fingerprint density at radius 2 is 1.81 bits per heavy atom. The van der Waals surface area contributed by atoms with E-state index in [4.69, 9.17) is 25.8 Å². The van der Waals surface area contributed by atoms with Crippen molar-refractivity contribution in [3.05, 3.63) is 117 Å². The number of nitrogens with one attached hydrogen (secondary N) is 2. The van der Waals surface area contributed by atoms with E-state index in [2.05, 4.69) is 50.5 Å². The van der Waals surface area contributed by atoms with Crippen LogP contribution in [0.25, 0.3) is 16.6 Å². The molecule has 1 aliphatic carbocycles. The molecular formula is C47H51ClN6O8S. The van der Waals surface area contributed by atoms with Crippen molar-refractivity contribution in [1.82, 2.24) is 19.6 Å². The summed E-state index contributed by atoms with van der Waals surface area (Å²) in [5.41, 5.74) is 5.75. The lowest BCUT2D eigenvalue weighted by Crippen LogP contribution is -2.47. The van der Waals surface area contributed by atoms with Crippen LogP contribution in [-0.4, -0.2) is 86.7 Å². The Morgan fingerprint density at radius 3 is 2.57 bits per heavy atom. The van der Waals surface area contributed by atoms with Gasteiger partial charge in [-0.1, -0.05) is 43.2 Å². The lowest BCUT2D eigenvalue weighted by atomic mass is 9.72. The third-order valence-electron chi connectivity index (χ3n) is 13.1. The number of piperazine rings is 1. The number of benzene rings is 3. The zero-order chi connectivity index (χ0) is 43.9. The number of hydrogen-bond acceptors (Lipinski definition) is 11. The number of carbonyl (C=O) groups is 1. The predicted molar refractivity (Wildman–Crippen MR) is 241 cm³/mol. The van der Waals surface area contributed by atoms with Crippen molar-refractivity contribution < 1.29 is 32.3 Å². The van der Waals surface area contributed by atoms with Gasteiger partial charge in [-0.3, -0.25) is 19.8 Å². The molecule has 0 bridgehead atoms. The number of fused-ring (bicyclic) bond motifs is 2. The van der Waals surface area contributed by atoms with Crippen LogP contribution in [0.15, 0.2) is 89.6 Å². The maximum absolute atomic E-state index is 14.0. The lowest BCUT2D eigenvalue weighted by Gasteiger charge is -2.39. The summed E-state index contributed by atoms with van der Waals surface area (Å²) < 4.78 is 47.8. The van der Waals surface area contributed by atoms with E-state index >= 15 is 0 Å². The van der Waals surface area contributed by atoms with E-state index in [1.54, 1.807) is 30.5 Å². The molecule has 9 rings (SSSR count). The molecule has 1 atom stereocenters. The van der Waals surface area contributed by atoms with Gasteiger partial charge >= 0.3 is 0 Å². The third-order valence-corrected chi connectivity index (χ3v) is 14.7. The zero-order valence-electron chi connectivity index (χ0n) is 35.4. The quantitative estimate of drug-likeness (QED) is 0.0960. The Hall–Kier alpha value is -5.48. The second-order valence-electron chi connectivity index (χ2n) is 17.9. The molecular weight excluding hydrogens is 844 g/mol. The van der Waals surface area contributed by atoms with Gasteiger partial charge in [0.05, 0.1) is 33.7 Å². The van der Waals surface area contributed by atoms with E-state index in [1.165, 1.54) is 29.0 Å². The number of nitrogens with zero attached hydrogens (tertiary/aromatic N) is 4. The minimum Gasteiger partial charge on any atom is -0.493 e. The molecule has 1 amide bonds. The van der Waals surface area contributed by atoms with Gasteiger partial charge in [0.2, 0.25) is 0 Å². The molecule has 4 aliphatic rings. The number of pyridine rings is 1. The standard InChI is InChI=1S/C47H51ClN6O8S/c1-47(2)13-9-33(41(26-47)31-3-5-35(48)6-4-31)28-52-15-17-53(18-16-52)36-7-8-39(44(23-36)62-37-21-32-10-14-49-45(32)50-27-37)46(55)51-63(58,59)38-24-42(54(56)57)40-22-34(29-61-43(40)25-38)30-11-19-60-20-12-30/h3-8,10,14,21,23-25,27,30,34H,9,11-13,15-20,22,26,28-29H2,1-2H3,(H,49,50)(H,51,55)/t34-/m1/s1. The fraction of sp³-hybridized carbons (Fsp3) is 0.404. The van der Waals surface area contributed by atoms with Crippen LogP contribution >= 0.6 is 11.6 Å². The lowest BCUT2D eigenvalue weighted by molar-refractivity contribution is -0.386. The number of rotatable bonds is 11. The molecule has 2 aromatic heterocycles. The number of H-pyrrole nitrogens is 1. The number of aromatic nitrogens is 2. The number of sulfonamides is 1. The van der Waals surface area contributed by atoms with Crippen molar-refractivity contribution in [3.63, 3.8) is 0 Å². The molecule has 5 aromatic rings. The van der Waals surface area contributed by atoms with Gasteiger partial charge in [0.1, 0.15) is 22.9 Å². The molecule has 63 heavy (non-hydrogen) atoms. The Labute approximate surface area is 371 Å². The summed E-state index contributed by atoms with van der Waals surface area (Å²) in [5, 5.41) is 13.9. The van der Waals surface area contributed by atoms with E-state index in [0.717, 1.165) is 87.0 Å². The SMILES string of the molecule is CC1(C)CCC(CN2CCN(c3ccc(C(=O)NS(=O)(=O)c4cc5c(c([N+](=O)[O-])c4)C[C@@H](C4CCOCC4)CO5)c(Oc4cnc5[nH]ccc5c4)c3)CC2)=C(c2ccc(Cl)cc2)C1. The average molecular weight is 895 g/mol. The second-order valence-corrected chi connectivity index (χ2v) is 20.0. The summed E-state index contributed by atoms with van der Waals surface area (Å²) in [7, 11) is -4.62. The number of halogens is 1. The predicted octanol–water partition coefficient (Wildman–Crippen LogP) is 8.80. The highest BCUT2D eigenvalue weighted by Crippen LogP contribution is 2.44. The number of carbonyl (C=O) groups excluding carboxylic acids is 1. The fourth-order valence-electron chi connectivity index (χ4n) is 9.48. The molecule has 0 spiro atoms. The van der Waals surface area contributed by atoms with Crippen molar-refractivity contribution in [2.45, 2.75) is 57.3 Å². The van der Waals surface area contributed by atoms with Crippen molar-refractivity contribution in [2.75, 3.05) is 57.4 Å². The van der Waals surface area contributed by atoms with Gasteiger partial charge in [-0.25, -0.2) is 18.1 Å². The molecule has 2 fully saturated rings. The number of hydrogen-bond donors (Lipinski definition) is 2. The average Bonchev–Trinajstić information content (AvgIpc) is 3.75. The van der Waals surface area contributed by atoms with Crippen LogP contribution in [0.3, 0.4) is 0 Å². The summed E-state index contributed by atoms with van der Waals surface area (Å²) in [6.07, 6.45) is 8.53. The topological polar surface area (TPSA) is 169 Å². The van der Waals surface area contributed by atoms with Crippen LogP contribution in [0.5, 0.6) is 17.2 Å². The first kappa shape index (κ1) is 42.8. The maximum atomic E-state index is 14.0. The minimum atomic E-state index is -4.62. The summed E-state index contributed by atoms with van der Waals surface area (Å²) in [6.45, 7) is 10.2. The highest BCUT2D eigenvalue weighted by atomic mass is 35.5. The smallest absolute Gasteiger partial charge is 0.277 e. The minimum absolute atomic E-state index is 0.0416. The normalized spacial score (nSPS) is 19.7. The molecule has 2 N–H and O–H groups in total. The van der Waals surface area contributed by atoms with Gasteiger partial charge in [0, 0.05) is 92.3 Å². The Balaban J connectivity index is 0.947. The number of amides is 1. The van der Waals surface area contributed by atoms with Crippen molar-refractivity contribution >= 4 is 55.5 Å². The number of aromatic amines is 1. The molecule has 16 heteroatoms. The molecule has 5 heterocycles. The van der Waals surface area contributed by atoms with Crippen LogP contribution in [0.1, 0.15) is 67.4 Å². The van der Waals surface area contributed by atoms with Gasteiger partial charge < -0.3 is 24.1 Å². The number of anilines is 1. The van der Waals surface area contributed by atoms with E-state index < -0.39 is 25.7 Å². The summed E-state index contributed by atoms with van der Waals surface area (Å²) >= 11 is 6.25. The van der Waals surface area contributed by atoms with Crippen LogP contribution in [0.4, 0.5) is 11.4 Å². The van der Waals surface area contributed by atoms with Gasteiger partial charge in [0.15, 0.2) is 0 Å². The maximum Gasteiger partial charge on any atom is 0.277 e. The molecule has 3 aliphatic heterocycles. The van der Waals surface area contributed by atoms with E-state index in [1.807, 2.05) is 18.2 Å². The largest absolute Gasteiger partial charge is 0.493 e. The highest BCUT2D eigenvalue weighted by molar-refractivity contribution is 7.90. The van der Waals surface area contributed by atoms with Gasteiger partial charge in [0.25, 0.3) is 21.6 Å². The Morgan fingerprint density at radius 1 is 1.03 bits per heavy atom. The Kier molecular flexibility index (Phi) is 12.0. The first-order valence-electron chi connectivity index (χ1n) is 21.6. The summed E-state index contributed by atoms with van der Waals surface area (Å²) in [5.74, 6) is -0.0269. The third kappa shape index (κ3) is 9.42. The monoisotopic (exact) mass is 894 g/mol. The van der Waals surface area contributed by atoms with Gasteiger partial charge in [-0.15, -0.1) is 0 Å². The van der Waals surface area contributed by atoms with E-state index in [9.17, 15) is 23.3 Å². The summed E-state index contributed by atoms with van der Waals surface area (Å²) in [4.78, 5) is 37.5. The van der Waals surface area contributed by atoms with Crippen molar-refractivity contribution in [3.8, 4) is 17.2 Å². The Bertz CT molecular complexity index is 2690. The molecule has 3 aromatic carbocycles. The van der Waals surface area contributed by atoms with Crippen LogP contribution < -0.4 is 19.1 Å². The highest BCUT2D eigenvalue weighted by Gasteiger charge is 2.36. The van der Waals surface area contributed by atoms with E-state index in [-0.39, 0.29) is 40.0 Å². The van der Waals surface area contributed by atoms with Crippen molar-refractivity contribution in [1.29, 1.82) is 0 Å². The second kappa shape index (κ2) is 17.6. The molecule has 2 saturated heterocycles. The van der Waals surface area contributed by atoms with Crippen LogP contribution in [0.2, 0.25) is 5.02 Å². The number of allylic oxidation sites excluding steroid dienone is 1. The number of ether oxygens (including phenoxy) is 3. The molecule has 330 valence electrons. The van der Waals surface area contributed by atoms with Gasteiger partial charge in [-0.2, -0.15) is 0 Å². The molecule has 0 unspecified atom stereocenters. The molecule has 0 radical (unpaired) electrons. The molecule has 14 nitrogen and oxygen atoms in total. The van der Waals surface area contributed by atoms with Gasteiger partial charge in [-0.05, 0) is 97.4 Å². The van der Waals surface area contributed by atoms with Crippen LogP contribution in [-0.2, 0) is 21.2 Å². The molecule has 0 saturated carbocycles. The number of nitro benzene ring substituents is 1. The first-order valence-corrected chi connectivity index (χ1v) is 23.4. The summed E-state index contributed by atoms with van der Waals surface area (Å²) in [6, 6.07) is 19.2. The first-order chi connectivity index (χ1) is 30.3. The van der Waals surface area contributed by atoms with E-state index in [0.29, 0.717) is 43.2 Å².